The Hall–Kier alpha value is -0.220. The maximum absolute atomic E-state index is 12.1. The minimum atomic E-state index is 0.252. The van der Waals surface area contributed by atoms with Crippen molar-refractivity contribution >= 4 is 17.7 Å². The van der Waals surface area contributed by atoms with Gasteiger partial charge >= 0.3 is 0 Å². The first-order valence-electron chi connectivity index (χ1n) is 6.98. The fourth-order valence-corrected chi connectivity index (χ4v) is 4.67. The van der Waals surface area contributed by atoms with Gasteiger partial charge in [0.25, 0.3) is 0 Å². The standard InChI is InChI=1S/C13H22N2OS/c16-13(11-7-9-4-5-12(11)15-9)14-8-10-3-1-2-6-17-10/h9-12,15H,1-8H2,(H,14,16). The van der Waals surface area contributed by atoms with Gasteiger partial charge in [0, 0.05) is 23.9 Å². The molecule has 0 radical (unpaired) electrons. The molecule has 3 heterocycles. The van der Waals surface area contributed by atoms with Gasteiger partial charge < -0.3 is 10.6 Å². The Bertz CT molecular complexity index is 291. The van der Waals surface area contributed by atoms with E-state index in [0.717, 1.165) is 13.0 Å². The van der Waals surface area contributed by atoms with Crippen molar-refractivity contribution < 1.29 is 4.79 Å². The SMILES string of the molecule is O=C(NCC1CCCCS1)C1CC2CCC1N2. The Morgan fingerprint density at radius 2 is 2.24 bits per heavy atom. The fourth-order valence-electron chi connectivity index (χ4n) is 3.43. The van der Waals surface area contributed by atoms with Crippen LogP contribution < -0.4 is 10.6 Å². The van der Waals surface area contributed by atoms with Crippen molar-refractivity contribution in [3.05, 3.63) is 0 Å². The van der Waals surface area contributed by atoms with E-state index in [0.29, 0.717) is 23.2 Å². The van der Waals surface area contributed by atoms with Crippen molar-refractivity contribution in [2.45, 2.75) is 55.9 Å². The lowest BCUT2D eigenvalue weighted by atomic mass is 9.88. The molecule has 3 rings (SSSR count). The molecule has 0 aromatic heterocycles. The summed E-state index contributed by atoms with van der Waals surface area (Å²) in [5.74, 6) is 1.83. The van der Waals surface area contributed by atoms with Crippen LogP contribution in [0.15, 0.2) is 0 Å². The molecule has 3 nitrogen and oxygen atoms in total. The first kappa shape index (κ1) is 11.8. The van der Waals surface area contributed by atoms with Crippen LogP contribution in [0.5, 0.6) is 0 Å². The largest absolute Gasteiger partial charge is 0.355 e. The highest BCUT2D eigenvalue weighted by molar-refractivity contribution is 7.99. The number of nitrogens with one attached hydrogen (secondary N) is 2. The number of carbonyl (C=O) groups excluding carboxylic acids is 1. The van der Waals surface area contributed by atoms with Crippen molar-refractivity contribution in [2.75, 3.05) is 12.3 Å². The van der Waals surface area contributed by atoms with Gasteiger partial charge in [-0.15, -0.1) is 0 Å². The number of rotatable bonds is 3. The molecule has 3 aliphatic heterocycles. The lowest BCUT2D eigenvalue weighted by molar-refractivity contribution is -0.125. The summed E-state index contributed by atoms with van der Waals surface area (Å²) in [6, 6.07) is 1.10. The third-order valence-electron chi connectivity index (χ3n) is 4.41. The van der Waals surface area contributed by atoms with Gasteiger partial charge in [0.05, 0.1) is 5.92 Å². The fraction of sp³-hybridized carbons (Fsp3) is 0.923. The first-order chi connectivity index (χ1) is 8.33. The highest BCUT2D eigenvalue weighted by Crippen LogP contribution is 2.33. The average Bonchev–Trinajstić information content (AvgIpc) is 2.99. The molecule has 96 valence electrons. The van der Waals surface area contributed by atoms with Crippen molar-refractivity contribution in [3.63, 3.8) is 0 Å². The molecule has 4 unspecified atom stereocenters. The van der Waals surface area contributed by atoms with E-state index >= 15 is 0 Å². The van der Waals surface area contributed by atoms with E-state index in [4.69, 9.17) is 0 Å². The molecule has 0 aromatic carbocycles. The monoisotopic (exact) mass is 254 g/mol. The minimum absolute atomic E-state index is 0.252. The molecule has 0 saturated carbocycles. The van der Waals surface area contributed by atoms with E-state index in [-0.39, 0.29) is 5.92 Å². The van der Waals surface area contributed by atoms with Crippen LogP contribution in [-0.4, -0.2) is 35.5 Å². The zero-order valence-corrected chi connectivity index (χ0v) is 11.1. The van der Waals surface area contributed by atoms with Gasteiger partial charge in [-0.3, -0.25) is 4.79 Å². The minimum Gasteiger partial charge on any atom is -0.355 e. The Balaban J connectivity index is 1.44. The molecule has 4 heteroatoms. The average molecular weight is 254 g/mol. The second kappa shape index (κ2) is 5.19. The first-order valence-corrected chi connectivity index (χ1v) is 8.03. The van der Waals surface area contributed by atoms with Crippen molar-refractivity contribution in [3.8, 4) is 0 Å². The van der Waals surface area contributed by atoms with Gasteiger partial charge in [0.1, 0.15) is 0 Å². The molecule has 17 heavy (non-hydrogen) atoms. The molecular weight excluding hydrogens is 232 g/mol. The Labute approximate surface area is 107 Å². The molecule has 3 fully saturated rings. The summed E-state index contributed by atoms with van der Waals surface area (Å²) in [4.78, 5) is 12.1. The summed E-state index contributed by atoms with van der Waals surface area (Å²) in [7, 11) is 0. The Morgan fingerprint density at radius 1 is 1.29 bits per heavy atom. The van der Waals surface area contributed by atoms with Crippen LogP contribution in [0.25, 0.3) is 0 Å². The van der Waals surface area contributed by atoms with Crippen molar-refractivity contribution in [1.29, 1.82) is 0 Å². The van der Waals surface area contributed by atoms with E-state index < -0.39 is 0 Å². The van der Waals surface area contributed by atoms with Crippen LogP contribution in [-0.2, 0) is 4.79 Å². The van der Waals surface area contributed by atoms with Crippen LogP contribution in [0.3, 0.4) is 0 Å². The lowest BCUT2D eigenvalue weighted by Crippen LogP contribution is -2.40. The van der Waals surface area contributed by atoms with E-state index in [1.54, 1.807) is 0 Å². The summed E-state index contributed by atoms with van der Waals surface area (Å²) in [6.07, 6.45) is 7.50. The van der Waals surface area contributed by atoms with Crippen LogP contribution in [0.1, 0.15) is 38.5 Å². The molecule has 1 amide bonds. The molecule has 3 aliphatic rings. The van der Waals surface area contributed by atoms with Crippen LogP contribution in [0.4, 0.5) is 0 Å². The van der Waals surface area contributed by atoms with Crippen molar-refractivity contribution in [2.24, 2.45) is 5.92 Å². The number of hydrogen-bond donors (Lipinski definition) is 2. The van der Waals surface area contributed by atoms with Gasteiger partial charge in [-0.25, -0.2) is 0 Å². The van der Waals surface area contributed by atoms with Crippen LogP contribution in [0.2, 0.25) is 0 Å². The second-order valence-electron chi connectivity index (χ2n) is 5.62. The van der Waals surface area contributed by atoms with Gasteiger partial charge in [0.2, 0.25) is 5.91 Å². The molecule has 3 saturated heterocycles. The molecule has 4 atom stereocenters. The third-order valence-corrected chi connectivity index (χ3v) is 5.81. The molecule has 0 spiro atoms. The highest BCUT2D eigenvalue weighted by Gasteiger charge is 2.42. The summed E-state index contributed by atoms with van der Waals surface area (Å²) in [5, 5.41) is 7.38. The quantitative estimate of drug-likeness (QED) is 0.802. The normalized spacial score (nSPS) is 40.5. The zero-order valence-electron chi connectivity index (χ0n) is 10.3. The van der Waals surface area contributed by atoms with E-state index in [1.165, 1.54) is 37.9 Å². The van der Waals surface area contributed by atoms with Gasteiger partial charge in [0.15, 0.2) is 0 Å². The number of amides is 1. The summed E-state index contributed by atoms with van der Waals surface area (Å²) in [6.45, 7) is 0.886. The van der Waals surface area contributed by atoms with Gasteiger partial charge in [-0.2, -0.15) is 11.8 Å². The predicted molar refractivity (Wildman–Crippen MR) is 71.2 cm³/mol. The van der Waals surface area contributed by atoms with Crippen LogP contribution >= 0.6 is 11.8 Å². The van der Waals surface area contributed by atoms with Gasteiger partial charge in [-0.05, 0) is 37.9 Å². The Morgan fingerprint density at radius 3 is 2.88 bits per heavy atom. The third kappa shape index (κ3) is 2.63. The molecular formula is C13H22N2OS. The number of carbonyl (C=O) groups is 1. The van der Waals surface area contributed by atoms with Crippen LogP contribution in [0, 0.1) is 5.92 Å². The van der Waals surface area contributed by atoms with E-state index in [9.17, 15) is 4.79 Å². The second-order valence-corrected chi connectivity index (χ2v) is 7.03. The molecule has 0 aromatic rings. The summed E-state index contributed by atoms with van der Waals surface area (Å²) >= 11 is 2.03. The van der Waals surface area contributed by atoms with E-state index in [2.05, 4.69) is 10.6 Å². The topological polar surface area (TPSA) is 41.1 Å². The molecule has 2 bridgehead atoms. The number of fused-ring (bicyclic) bond motifs is 2. The summed E-state index contributed by atoms with van der Waals surface area (Å²) in [5.41, 5.74) is 0. The highest BCUT2D eigenvalue weighted by atomic mass is 32.2. The lowest BCUT2D eigenvalue weighted by Gasteiger charge is -2.24. The number of thioether (sulfide) groups is 1. The summed E-state index contributed by atoms with van der Waals surface area (Å²) < 4.78 is 0. The Kier molecular flexibility index (Phi) is 3.61. The molecule has 0 aliphatic carbocycles. The van der Waals surface area contributed by atoms with E-state index in [1.807, 2.05) is 11.8 Å². The molecule has 2 N–H and O–H groups in total. The van der Waals surface area contributed by atoms with Crippen molar-refractivity contribution in [1.82, 2.24) is 10.6 Å². The maximum atomic E-state index is 12.1. The smallest absolute Gasteiger partial charge is 0.224 e. The number of hydrogen-bond acceptors (Lipinski definition) is 3. The zero-order chi connectivity index (χ0) is 11.7. The van der Waals surface area contributed by atoms with Gasteiger partial charge in [-0.1, -0.05) is 6.42 Å². The maximum Gasteiger partial charge on any atom is 0.224 e. The predicted octanol–water partition coefficient (Wildman–Crippen LogP) is 1.53.